The van der Waals surface area contributed by atoms with Gasteiger partial charge in [-0.15, -0.1) is 0 Å². The summed E-state index contributed by atoms with van der Waals surface area (Å²) >= 11 is 6.08. The Morgan fingerprint density at radius 3 is 2.65 bits per heavy atom. The lowest BCUT2D eigenvalue weighted by atomic mass is 9.95. The van der Waals surface area contributed by atoms with Crippen LogP contribution in [0.5, 0.6) is 0 Å². The summed E-state index contributed by atoms with van der Waals surface area (Å²) in [6.07, 6.45) is 2.31. The van der Waals surface area contributed by atoms with Crippen molar-refractivity contribution >= 4 is 34.2 Å². The minimum absolute atomic E-state index is 0.0178. The minimum Gasteiger partial charge on any atom is -0.385 e. The van der Waals surface area contributed by atoms with Crippen LogP contribution in [0.15, 0.2) is 66.7 Å². The number of benzene rings is 3. The summed E-state index contributed by atoms with van der Waals surface area (Å²) in [4.78, 5) is 28.4. The molecule has 3 aromatic rings. The van der Waals surface area contributed by atoms with Gasteiger partial charge in [-0.1, -0.05) is 61.0 Å². The number of nitrogens with zero attached hydrogens (tertiary/aromatic N) is 1. The van der Waals surface area contributed by atoms with Gasteiger partial charge in [0, 0.05) is 55.9 Å². The molecule has 3 aromatic carbocycles. The smallest absolute Gasteiger partial charge is 0.251 e. The minimum atomic E-state index is -0.344. The van der Waals surface area contributed by atoms with Crippen molar-refractivity contribution in [1.82, 2.24) is 15.5 Å². The van der Waals surface area contributed by atoms with Crippen molar-refractivity contribution in [2.75, 3.05) is 33.4 Å². The number of rotatable bonds is 10. The molecule has 3 atom stereocenters. The fourth-order valence-corrected chi connectivity index (χ4v) is 5.18. The molecule has 1 heterocycles. The number of halogens is 1. The van der Waals surface area contributed by atoms with Gasteiger partial charge < -0.3 is 20.3 Å². The zero-order valence-corrected chi connectivity index (χ0v) is 22.3. The molecule has 0 saturated carbocycles. The van der Waals surface area contributed by atoms with Crippen LogP contribution < -0.4 is 10.6 Å². The average molecular weight is 522 g/mol. The molecule has 1 aliphatic rings. The third-order valence-corrected chi connectivity index (χ3v) is 7.42. The van der Waals surface area contributed by atoms with Gasteiger partial charge in [0.25, 0.3) is 5.91 Å². The lowest BCUT2D eigenvalue weighted by Crippen LogP contribution is -2.49. The van der Waals surface area contributed by atoms with Gasteiger partial charge in [-0.3, -0.25) is 9.59 Å². The van der Waals surface area contributed by atoms with Crippen molar-refractivity contribution in [1.29, 1.82) is 0 Å². The second-order valence-corrected chi connectivity index (χ2v) is 10.1. The van der Waals surface area contributed by atoms with Gasteiger partial charge in [0.05, 0.1) is 6.04 Å². The molecule has 196 valence electrons. The van der Waals surface area contributed by atoms with Crippen LogP contribution in [0, 0.1) is 0 Å². The predicted molar refractivity (Wildman–Crippen MR) is 149 cm³/mol. The highest BCUT2D eigenvalue weighted by molar-refractivity contribution is 6.31. The third kappa shape index (κ3) is 7.10. The number of amides is 2. The predicted octanol–water partition coefficient (Wildman–Crippen LogP) is 5.01. The van der Waals surface area contributed by atoms with Crippen LogP contribution in [-0.2, 0) is 9.53 Å². The van der Waals surface area contributed by atoms with E-state index in [0.717, 1.165) is 23.6 Å². The number of nitrogens with one attached hydrogen (secondary N) is 2. The highest BCUT2D eigenvalue weighted by Gasteiger charge is 2.32. The van der Waals surface area contributed by atoms with E-state index in [-0.39, 0.29) is 29.8 Å². The number of carbonyl (C=O) groups excluding carboxylic acids is 2. The first-order chi connectivity index (χ1) is 18.0. The van der Waals surface area contributed by atoms with Crippen LogP contribution >= 0.6 is 11.6 Å². The fourth-order valence-electron chi connectivity index (χ4n) is 5.00. The molecule has 0 spiro atoms. The van der Waals surface area contributed by atoms with Gasteiger partial charge >= 0.3 is 0 Å². The number of fused-ring (bicyclic) bond motifs is 1. The normalized spacial score (nSPS) is 19.0. The highest BCUT2D eigenvalue weighted by atomic mass is 35.5. The van der Waals surface area contributed by atoms with E-state index in [1.807, 2.05) is 47.4 Å². The average Bonchev–Trinajstić information content (AvgIpc) is 3.07. The summed E-state index contributed by atoms with van der Waals surface area (Å²) in [7, 11) is 1.65. The van der Waals surface area contributed by atoms with Crippen LogP contribution in [0.2, 0.25) is 5.02 Å². The maximum Gasteiger partial charge on any atom is 0.251 e. The van der Waals surface area contributed by atoms with Crippen LogP contribution in [-0.4, -0.2) is 62.1 Å². The first-order valence-electron chi connectivity index (χ1n) is 13.0. The van der Waals surface area contributed by atoms with Crippen LogP contribution in [0.25, 0.3) is 10.8 Å². The van der Waals surface area contributed by atoms with E-state index >= 15 is 0 Å². The molecule has 1 saturated heterocycles. The summed E-state index contributed by atoms with van der Waals surface area (Å²) in [6, 6.07) is 21.3. The Bertz CT molecular complexity index is 1200. The summed E-state index contributed by atoms with van der Waals surface area (Å²) in [5.74, 6) is 0.260. The molecule has 2 amide bonds. The van der Waals surface area contributed by atoms with E-state index in [9.17, 15) is 9.59 Å². The lowest BCUT2D eigenvalue weighted by molar-refractivity contribution is -0.133. The van der Waals surface area contributed by atoms with E-state index < -0.39 is 0 Å². The lowest BCUT2D eigenvalue weighted by Gasteiger charge is -2.28. The van der Waals surface area contributed by atoms with Crippen molar-refractivity contribution in [3.05, 3.63) is 82.9 Å². The fraction of sp³-hybridized carbons (Fsp3) is 0.400. The van der Waals surface area contributed by atoms with Crippen LogP contribution in [0.1, 0.15) is 48.0 Å². The molecule has 0 bridgehead atoms. The molecule has 7 heteroatoms. The molecule has 0 radical (unpaired) electrons. The topological polar surface area (TPSA) is 70.7 Å². The van der Waals surface area contributed by atoms with E-state index in [2.05, 4.69) is 41.8 Å². The zero-order chi connectivity index (χ0) is 26.2. The summed E-state index contributed by atoms with van der Waals surface area (Å²) < 4.78 is 5.29. The Kier molecular flexibility index (Phi) is 9.56. The Labute approximate surface area is 224 Å². The van der Waals surface area contributed by atoms with Crippen molar-refractivity contribution in [3.63, 3.8) is 0 Å². The largest absolute Gasteiger partial charge is 0.385 e. The molecular weight excluding hydrogens is 486 g/mol. The van der Waals surface area contributed by atoms with Gasteiger partial charge in [0.1, 0.15) is 0 Å². The molecule has 0 aliphatic carbocycles. The molecule has 6 nitrogen and oxygen atoms in total. The van der Waals surface area contributed by atoms with Gasteiger partial charge in [-0.05, 0) is 59.9 Å². The monoisotopic (exact) mass is 521 g/mol. The zero-order valence-electron chi connectivity index (χ0n) is 21.6. The summed E-state index contributed by atoms with van der Waals surface area (Å²) in [6.45, 7) is 4.44. The Balaban J connectivity index is 1.42. The van der Waals surface area contributed by atoms with Gasteiger partial charge in [0.15, 0.2) is 0 Å². The molecule has 2 N–H and O–H groups in total. The van der Waals surface area contributed by atoms with Gasteiger partial charge in [0.2, 0.25) is 5.91 Å². The number of methoxy groups -OCH3 is 1. The first-order valence-corrected chi connectivity index (χ1v) is 13.4. The third-order valence-electron chi connectivity index (χ3n) is 7.18. The van der Waals surface area contributed by atoms with Crippen LogP contribution in [0.4, 0.5) is 0 Å². The standard InChI is InChI=1S/C30H36ClN3O3/c1-3-21(22-7-5-4-6-8-22)20-34-15-13-27(33-28(30(34)36)14-16-37-2)19-32-29(35)25-10-9-24-18-26(31)12-11-23(24)17-25/h4-12,17-18,21,27-28,33H,3,13-16,19-20H2,1-2H3,(H,32,35)/t21?,27-,28-/m0/s1. The number of hydrogen-bond acceptors (Lipinski definition) is 4. The van der Waals surface area contributed by atoms with Crippen LogP contribution in [0.3, 0.4) is 0 Å². The first kappa shape index (κ1) is 27.1. The Morgan fingerprint density at radius 1 is 1.14 bits per heavy atom. The van der Waals surface area contributed by atoms with E-state index in [0.29, 0.717) is 43.2 Å². The number of carbonyl (C=O) groups is 2. The SMILES string of the molecule is CCC(CN1CC[C@@H](CNC(=O)c2ccc3cc(Cl)ccc3c2)N[C@@H](CCOC)C1=O)c1ccccc1. The molecule has 4 rings (SSSR count). The molecular formula is C30H36ClN3O3. The second-order valence-electron chi connectivity index (χ2n) is 9.70. The maximum atomic E-state index is 13.5. The van der Waals surface area contributed by atoms with E-state index in [4.69, 9.17) is 16.3 Å². The molecule has 37 heavy (non-hydrogen) atoms. The van der Waals surface area contributed by atoms with Crippen molar-refractivity contribution in [2.24, 2.45) is 0 Å². The number of ether oxygens (including phenoxy) is 1. The van der Waals surface area contributed by atoms with Crippen molar-refractivity contribution in [2.45, 2.75) is 44.2 Å². The molecule has 1 unspecified atom stereocenters. The summed E-state index contributed by atoms with van der Waals surface area (Å²) in [5, 5.41) is 9.21. The number of hydrogen-bond donors (Lipinski definition) is 2. The quantitative estimate of drug-likeness (QED) is 0.393. The Hall–Kier alpha value is -2.93. The van der Waals surface area contributed by atoms with E-state index in [1.165, 1.54) is 5.56 Å². The summed E-state index contributed by atoms with van der Waals surface area (Å²) in [5.41, 5.74) is 1.86. The van der Waals surface area contributed by atoms with Gasteiger partial charge in [-0.2, -0.15) is 0 Å². The van der Waals surface area contributed by atoms with E-state index in [1.54, 1.807) is 7.11 Å². The molecule has 1 fully saturated rings. The van der Waals surface area contributed by atoms with Crippen molar-refractivity contribution < 1.29 is 14.3 Å². The maximum absolute atomic E-state index is 13.5. The Morgan fingerprint density at radius 2 is 1.89 bits per heavy atom. The molecule has 1 aliphatic heterocycles. The van der Waals surface area contributed by atoms with Gasteiger partial charge in [-0.25, -0.2) is 0 Å². The molecule has 0 aromatic heterocycles. The van der Waals surface area contributed by atoms with Crippen molar-refractivity contribution in [3.8, 4) is 0 Å². The highest BCUT2D eigenvalue weighted by Crippen LogP contribution is 2.23. The second kappa shape index (κ2) is 13.0.